The number of hydrogen-bond donors (Lipinski definition) is 0. The lowest BCUT2D eigenvalue weighted by Crippen LogP contribution is -2.47. The topological polar surface area (TPSA) is 59.1 Å². The molecule has 1 aliphatic carbocycles. The molecule has 1 aliphatic rings. The molecule has 0 radical (unpaired) electrons. The Bertz CT molecular complexity index is 1200. The lowest BCUT2D eigenvalue weighted by molar-refractivity contribution is -0.143. The summed E-state index contributed by atoms with van der Waals surface area (Å²) in [6.45, 7) is 5.28. The van der Waals surface area contributed by atoms with E-state index in [2.05, 4.69) is 19.1 Å². The Morgan fingerprint density at radius 1 is 1.03 bits per heavy atom. The Hall–Kier alpha value is -3.32. The molecular formula is C31H38N2O4S. The molecule has 0 bridgehead atoms. The summed E-state index contributed by atoms with van der Waals surface area (Å²) in [4.78, 5) is 32.2. The molecule has 4 rings (SSSR count). The number of carbonyl (C=O) groups is 2. The second-order valence-corrected chi connectivity index (χ2v) is 10.9. The summed E-state index contributed by atoms with van der Waals surface area (Å²) in [5.74, 6) is 1.63. The Labute approximate surface area is 230 Å². The average Bonchev–Trinajstić information content (AvgIpc) is 3.60. The first-order valence-electron chi connectivity index (χ1n) is 13.3. The molecule has 0 N–H and O–H groups in total. The van der Waals surface area contributed by atoms with E-state index in [1.165, 1.54) is 5.56 Å². The molecule has 3 aromatic rings. The van der Waals surface area contributed by atoms with Crippen molar-refractivity contribution in [1.29, 1.82) is 0 Å². The fourth-order valence-corrected chi connectivity index (χ4v) is 5.57. The van der Waals surface area contributed by atoms with Crippen molar-refractivity contribution in [2.24, 2.45) is 5.92 Å². The first-order chi connectivity index (χ1) is 18.4. The Morgan fingerprint density at radius 3 is 2.45 bits per heavy atom. The molecule has 6 nitrogen and oxygen atoms in total. The molecule has 1 fully saturated rings. The van der Waals surface area contributed by atoms with Gasteiger partial charge in [0.25, 0.3) is 0 Å². The van der Waals surface area contributed by atoms with Crippen LogP contribution in [0.4, 0.5) is 0 Å². The highest BCUT2D eigenvalue weighted by atomic mass is 32.1. The molecule has 0 saturated heterocycles. The molecule has 1 saturated carbocycles. The van der Waals surface area contributed by atoms with Crippen molar-refractivity contribution in [3.8, 4) is 11.5 Å². The highest BCUT2D eigenvalue weighted by Crippen LogP contribution is 2.48. The summed E-state index contributed by atoms with van der Waals surface area (Å²) >= 11 is 1.64. The average molecular weight is 535 g/mol. The third-order valence-electron chi connectivity index (χ3n) is 7.44. The number of nitrogens with zero attached hydrogens (tertiary/aromatic N) is 2. The molecule has 2 aromatic carbocycles. The normalized spacial score (nSPS) is 16.9. The van der Waals surface area contributed by atoms with Crippen LogP contribution in [0, 0.1) is 5.92 Å². The van der Waals surface area contributed by atoms with Gasteiger partial charge in [-0.15, -0.1) is 11.3 Å². The van der Waals surface area contributed by atoms with Gasteiger partial charge in [0.15, 0.2) is 11.5 Å². The van der Waals surface area contributed by atoms with Crippen LogP contribution in [0.2, 0.25) is 0 Å². The minimum Gasteiger partial charge on any atom is -0.493 e. The zero-order valence-corrected chi connectivity index (χ0v) is 23.6. The van der Waals surface area contributed by atoms with Crippen molar-refractivity contribution in [3.05, 3.63) is 82.0 Å². The van der Waals surface area contributed by atoms with Gasteiger partial charge in [-0.05, 0) is 66.8 Å². The smallest absolute Gasteiger partial charge is 0.242 e. The summed E-state index contributed by atoms with van der Waals surface area (Å²) < 4.78 is 10.8. The first kappa shape index (κ1) is 27.7. The maximum absolute atomic E-state index is 13.7. The molecule has 38 heavy (non-hydrogen) atoms. The van der Waals surface area contributed by atoms with E-state index in [0.29, 0.717) is 31.0 Å². The fourth-order valence-electron chi connectivity index (χ4n) is 4.85. The van der Waals surface area contributed by atoms with E-state index in [1.54, 1.807) is 25.6 Å². The largest absolute Gasteiger partial charge is 0.493 e. The van der Waals surface area contributed by atoms with Crippen LogP contribution in [0.25, 0.3) is 0 Å². The van der Waals surface area contributed by atoms with Crippen molar-refractivity contribution < 1.29 is 19.1 Å². The molecule has 7 heteroatoms. The molecule has 0 spiro atoms. The van der Waals surface area contributed by atoms with Crippen LogP contribution in [0.3, 0.4) is 0 Å². The van der Waals surface area contributed by atoms with Gasteiger partial charge in [0, 0.05) is 23.4 Å². The number of rotatable bonds is 13. The van der Waals surface area contributed by atoms with E-state index in [9.17, 15) is 9.59 Å². The number of hydrogen-bond acceptors (Lipinski definition) is 5. The maximum atomic E-state index is 13.7. The van der Waals surface area contributed by atoms with Gasteiger partial charge in [-0.25, -0.2) is 0 Å². The number of thiophene rings is 1. The van der Waals surface area contributed by atoms with Crippen LogP contribution in [0.1, 0.15) is 48.6 Å². The van der Waals surface area contributed by atoms with E-state index < -0.39 is 0 Å². The summed E-state index contributed by atoms with van der Waals surface area (Å²) in [6.07, 6.45) is 2.33. The molecule has 1 aromatic heterocycles. The zero-order valence-electron chi connectivity index (χ0n) is 22.8. The standard InChI is InChI=1S/C31H38N2O4S/c1-5-22(2)33(31(35)27-19-26(27)24-10-7-6-8-11-24)21-30(34)32(20-25-12-9-17-38-25)16-15-23-13-14-28(36-3)29(18-23)37-4/h6-14,17-18,22,26-27H,5,15-16,19-21H2,1-4H3. The minimum atomic E-state index is -0.0447. The number of ether oxygens (including phenoxy) is 2. The highest BCUT2D eigenvalue weighted by molar-refractivity contribution is 7.09. The third kappa shape index (κ3) is 6.76. The first-order valence-corrected chi connectivity index (χ1v) is 14.2. The Balaban J connectivity index is 1.47. The third-order valence-corrected chi connectivity index (χ3v) is 8.31. The number of methoxy groups -OCH3 is 2. The van der Waals surface area contributed by atoms with Crippen molar-refractivity contribution in [2.75, 3.05) is 27.3 Å². The van der Waals surface area contributed by atoms with Crippen molar-refractivity contribution in [1.82, 2.24) is 9.80 Å². The van der Waals surface area contributed by atoms with Crippen LogP contribution < -0.4 is 9.47 Å². The molecule has 202 valence electrons. The fraction of sp³-hybridized carbons (Fsp3) is 0.419. The monoisotopic (exact) mass is 534 g/mol. The maximum Gasteiger partial charge on any atom is 0.242 e. The van der Waals surface area contributed by atoms with Gasteiger partial charge in [-0.1, -0.05) is 49.4 Å². The van der Waals surface area contributed by atoms with Gasteiger partial charge >= 0.3 is 0 Å². The Kier molecular flexibility index (Phi) is 9.45. The second kappa shape index (κ2) is 13.0. The van der Waals surface area contributed by atoms with Gasteiger partial charge in [0.1, 0.15) is 6.54 Å². The predicted molar refractivity (Wildman–Crippen MR) is 152 cm³/mol. The van der Waals surface area contributed by atoms with Crippen LogP contribution >= 0.6 is 11.3 Å². The van der Waals surface area contributed by atoms with Crippen LogP contribution in [-0.2, 0) is 22.6 Å². The second-order valence-electron chi connectivity index (χ2n) is 9.92. The van der Waals surface area contributed by atoms with Crippen molar-refractivity contribution >= 4 is 23.2 Å². The lowest BCUT2D eigenvalue weighted by atomic mass is 10.1. The SMILES string of the molecule is CCC(C)N(CC(=O)N(CCc1ccc(OC)c(OC)c1)Cc1cccs1)C(=O)C1CC1c1ccccc1. The van der Waals surface area contributed by atoms with E-state index >= 15 is 0 Å². The van der Waals surface area contributed by atoms with Crippen molar-refractivity contribution in [2.45, 2.75) is 51.6 Å². The van der Waals surface area contributed by atoms with E-state index in [0.717, 1.165) is 23.3 Å². The highest BCUT2D eigenvalue weighted by Gasteiger charge is 2.46. The quantitative estimate of drug-likeness (QED) is 0.279. The van der Waals surface area contributed by atoms with Gasteiger partial charge < -0.3 is 19.3 Å². The van der Waals surface area contributed by atoms with Gasteiger partial charge in [0.05, 0.1) is 20.8 Å². The van der Waals surface area contributed by atoms with Crippen molar-refractivity contribution in [3.63, 3.8) is 0 Å². The molecule has 0 aliphatic heterocycles. The van der Waals surface area contributed by atoms with E-state index in [-0.39, 0.29) is 36.2 Å². The molecule has 3 atom stereocenters. The number of carbonyl (C=O) groups excluding carboxylic acids is 2. The lowest BCUT2D eigenvalue weighted by Gasteiger charge is -2.31. The van der Waals surface area contributed by atoms with Gasteiger partial charge in [-0.3, -0.25) is 9.59 Å². The van der Waals surface area contributed by atoms with Gasteiger partial charge in [-0.2, -0.15) is 0 Å². The minimum absolute atomic E-state index is 0.00193. The van der Waals surface area contributed by atoms with E-state index in [1.807, 2.05) is 70.6 Å². The number of benzene rings is 2. The summed E-state index contributed by atoms with van der Waals surface area (Å²) in [5.41, 5.74) is 2.26. The van der Waals surface area contributed by atoms with Crippen LogP contribution in [0.5, 0.6) is 11.5 Å². The zero-order chi connectivity index (χ0) is 27.1. The van der Waals surface area contributed by atoms with E-state index in [4.69, 9.17) is 9.47 Å². The number of amides is 2. The van der Waals surface area contributed by atoms with Crippen LogP contribution in [0.15, 0.2) is 66.0 Å². The Morgan fingerprint density at radius 2 is 1.79 bits per heavy atom. The molecule has 3 unspecified atom stereocenters. The summed E-state index contributed by atoms with van der Waals surface area (Å²) in [6, 6.07) is 20.1. The molecular weight excluding hydrogens is 496 g/mol. The summed E-state index contributed by atoms with van der Waals surface area (Å²) in [5, 5.41) is 2.03. The van der Waals surface area contributed by atoms with Gasteiger partial charge in [0.2, 0.25) is 11.8 Å². The molecule has 1 heterocycles. The van der Waals surface area contributed by atoms with Crippen LogP contribution in [-0.4, -0.2) is 55.0 Å². The summed E-state index contributed by atoms with van der Waals surface area (Å²) in [7, 11) is 3.24. The predicted octanol–water partition coefficient (Wildman–Crippen LogP) is 5.77. The molecule has 2 amide bonds.